The van der Waals surface area contributed by atoms with Crippen molar-refractivity contribution in [1.82, 2.24) is 0 Å². The number of ketones is 1. The minimum Gasteiger partial charge on any atom is -0.372 e. The second-order valence-electron chi connectivity index (χ2n) is 4.55. The number of hydrogen-bond donors (Lipinski definition) is 0. The third-order valence-electron chi connectivity index (χ3n) is 2.99. The van der Waals surface area contributed by atoms with Gasteiger partial charge >= 0.3 is 0 Å². The van der Waals surface area contributed by atoms with Gasteiger partial charge in [-0.05, 0) is 43.9 Å². The number of carbonyl (C=O) groups is 1. The number of Topliss-reactive ketones (excluding diaryl/α,β-unsaturated/α-hetero) is 1. The average molecular weight is 221 g/mol. The van der Waals surface area contributed by atoms with Gasteiger partial charge in [-0.15, -0.1) is 0 Å². The first kappa shape index (κ1) is 11.1. The summed E-state index contributed by atoms with van der Waals surface area (Å²) in [6.07, 6.45) is 2.50. The number of halogens is 1. The molecule has 2 nitrogen and oxygen atoms in total. The molecule has 0 spiro atoms. The number of carbonyl (C=O) groups excluding carboxylic acids is 1. The molecule has 1 fully saturated rings. The molecule has 2 rings (SSSR count). The lowest BCUT2D eigenvalue weighted by atomic mass is 10.1. The van der Waals surface area contributed by atoms with Crippen LogP contribution in [0.15, 0.2) is 18.2 Å². The Bertz CT molecular complexity index is 412. The largest absolute Gasteiger partial charge is 0.372 e. The molecule has 0 aliphatic heterocycles. The number of rotatable bonds is 4. The Labute approximate surface area is 95.1 Å². The molecule has 1 aliphatic rings. The van der Waals surface area contributed by atoms with Crippen LogP contribution in [-0.4, -0.2) is 19.4 Å². The molecule has 0 radical (unpaired) electrons. The summed E-state index contributed by atoms with van der Waals surface area (Å²) >= 11 is 0. The topological polar surface area (TPSA) is 20.3 Å². The van der Waals surface area contributed by atoms with Crippen LogP contribution in [0.5, 0.6) is 0 Å². The van der Waals surface area contributed by atoms with E-state index in [9.17, 15) is 9.18 Å². The number of hydrogen-bond acceptors (Lipinski definition) is 2. The zero-order valence-electron chi connectivity index (χ0n) is 9.66. The highest BCUT2D eigenvalue weighted by Crippen LogP contribution is 2.31. The summed E-state index contributed by atoms with van der Waals surface area (Å²) in [5.41, 5.74) is 1.01. The highest BCUT2D eigenvalue weighted by molar-refractivity contribution is 5.94. The quantitative estimate of drug-likeness (QED) is 0.729. The first-order chi connectivity index (χ1) is 7.58. The molecule has 1 aromatic rings. The molecule has 0 amide bonds. The van der Waals surface area contributed by atoms with Gasteiger partial charge in [-0.25, -0.2) is 4.39 Å². The fraction of sp³-hybridized carbons (Fsp3) is 0.462. The van der Waals surface area contributed by atoms with Crippen molar-refractivity contribution in [1.29, 1.82) is 0 Å². The molecule has 86 valence electrons. The molecule has 1 aliphatic carbocycles. The van der Waals surface area contributed by atoms with Crippen LogP contribution in [-0.2, 0) is 0 Å². The van der Waals surface area contributed by atoms with E-state index in [1.807, 2.05) is 11.9 Å². The van der Waals surface area contributed by atoms with Crippen molar-refractivity contribution >= 4 is 11.5 Å². The van der Waals surface area contributed by atoms with Gasteiger partial charge in [-0.3, -0.25) is 4.79 Å². The average Bonchev–Trinajstić information content (AvgIpc) is 3.01. The van der Waals surface area contributed by atoms with Crippen LogP contribution in [0.3, 0.4) is 0 Å². The molecule has 16 heavy (non-hydrogen) atoms. The second kappa shape index (κ2) is 4.24. The summed E-state index contributed by atoms with van der Waals surface area (Å²) < 4.78 is 13.7. The molecule has 1 saturated carbocycles. The highest BCUT2D eigenvalue weighted by Gasteiger charge is 2.23. The van der Waals surface area contributed by atoms with E-state index >= 15 is 0 Å². The van der Waals surface area contributed by atoms with E-state index in [0.29, 0.717) is 11.3 Å². The van der Waals surface area contributed by atoms with E-state index in [4.69, 9.17) is 0 Å². The molecule has 0 heterocycles. The molecular weight excluding hydrogens is 205 g/mol. The van der Waals surface area contributed by atoms with Crippen molar-refractivity contribution in [2.24, 2.45) is 5.92 Å². The van der Waals surface area contributed by atoms with Crippen molar-refractivity contribution in [3.05, 3.63) is 29.6 Å². The van der Waals surface area contributed by atoms with E-state index in [1.54, 1.807) is 12.1 Å². The molecule has 3 heteroatoms. The number of nitrogens with zero attached hydrogens (tertiary/aromatic N) is 1. The van der Waals surface area contributed by atoms with E-state index < -0.39 is 0 Å². The summed E-state index contributed by atoms with van der Waals surface area (Å²) in [5.74, 6) is 0.308. The summed E-state index contributed by atoms with van der Waals surface area (Å²) in [5, 5.41) is 0. The number of benzene rings is 1. The summed E-state index contributed by atoms with van der Waals surface area (Å²) in [6, 6.07) is 4.69. The minimum atomic E-state index is -0.309. The highest BCUT2D eigenvalue weighted by atomic mass is 19.1. The van der Waals surface area contributed by atoms with E-state index in [1.165, 1.54) is 25.8 Å². The fourth-order valence-corrected chi connectivity index (χ4v) is 1.82. The van der Waals surface area contributed by atoms with E-state index in [-0.39, 0.29) is 11.6 Å². The smallest absolute Gasteiger partial charge is 0.159 e. The van der Waals surface area contributed by atoms with Crippen LogP contribution in [0.4, 0.5) is 10.1 Å². The third kappa shape index (κ3) is 2.40. The van der Waals surface area contributed by atoms with Gasteiger partial charge in [0.15, 0.2) is 5.78 Å². The van der Waals surface area contributed by atoms with Gasteiger partial charge in [-0.2, -0.15) is 0 Å². The van der Waals surface area contributed by atoms with Crippen molar-refractivity contribution in [2.75, 3.05) is 18.5 Å². The lowest BCUT2D eigenvalue weighted by Crippen LogP contribution is -2.21. The molecule has 0 N–H and O–H groups in total. The molecule has 1 aromatic carbocycles. The predicted octanol–water partition coefficient (Wildman–Crippen LogP) is 2.87. The van der Waals surface area contributed by atoms with Gasteiger partial charge in [0, 0.05) is 19.2 Å². The van der Waals surface area contributed by atoms with Crippen LogP contribution in [0.25, 0.3) is 0 Å². The third-order valence-corrected chi connectivity index (χ3v) is 2.99. The van der Waals surface area contributed by atoms with Crippen molar-refractivity contribution in [3.8, 4) is 0 Å². The normalized spacial score (nSPS) is 14.9. The zero-order chi connectivity index (χ0) is 11.7. The summed E-state index contributed by atoms with van der Waals surface area (Å²) in [6.45, 7) is 2.35. The molecule has 0 saturated heterocycles. The first-order valence-corrected chi connectivity index (χ1v) is 5.59. The van der Waals surface area contributed by atoms with Gasteiger partial charge in [0.2, 0.25) is 0 Å². The lowest BCUT2D eigenvalue weighted by Gasteiger charge is -2.19. The van der Waals surface area contributed by atoms with Gasteiger partial charge < -0.3 is 4.90 Å². The SMILES string of the molecule is CC(=O)c1ccc(N(C)CC2CC2)c(F)c1. The Morgan fingerprint density at radius 2 is 2.19 bits per heavy atom. The maximum Gasteiger partial charge on any atom is 0.159 e. The summed E-state index contributed by atoms with van der Waals surface area (Å²) in [4.78, 5) is 13.0. The van der Waals surface area contributed by atoms with E-state index in [2.05, 4.69) is 0 Å². The van der Waals surface area contributed by atoms with Gasteiger partial charge in [0.25, 0.3) is 0 Å². The van der Waals surface area contributed by atoms with Crippen molar-refractivity contribution in [2.45, 2.75) is 19.8 Å². The molecule has 0 bridgehead atoms. The first-order valence-electron chi connectivity index (χ1n) is 5.59. The zero-order valence-corrected chi connectivity index (χ0v) is 9.66. The Hall–Kier alpha value is -1.38. The minimum absolute atomic E-state index is 0.102. The van der Waals surface area contributed by atoms with Crippen LogP contribution < -0.4 is 4.90 Å². The van der Waals surface area contributed by atoms with Crippen molar-refractivity contribution in [3.63, 3.8) is 0 Å². The standard InChI is InChI=1S/C13H16FNO/c1-9(16)11-5-6-13(12(14)7-11)15(2)8-10-3-4-10/h5-7,10H,3-4,8H2,1-2H3. The fourth-order valence-electron chi connectivity index (χ4n) is 1.82. The monoisotopic (exact) mass is 221 g/mol. The summed E-state index contributed by atoms with van der Waals surface area (Å²) in [7, 11) is 1.89. The van der Waals surface area contributed by atoms with Crippen molar-refractivity contribution < 1.29 is 9.18 Å². The predicted molar refractivity (Wildman–Crippen MR) is 62.4 cm³/mol. The van der Waals surface area contributed by atoms with Crippen LogP contribution in [0, 0.1) is 11.7 Å². The Kier molecular flexibility index (Phi) is 2.95. The maximum absolute atomic E-state index is 13.7. The molecule has 0 unspecified atom stereocenters. The molecule has 0 atom stereocenters. The molecule has 0 aromatic heterocycles. The van der Waals surface area contributed by atoms with Crippen LogP contribution in [0.1, 0.15) is 30.1 Å². The number of anilines is 1. The van der Waals surface area contributed by atoms with Gasteiger partial charge in [0.1, 0.15) is 5.82 Å². The Morgan fingerprint density at radius 3 is 2.69 bits per heavy atom. The van der Waals surface area contributed by atoms with Gasteiger partial charge in [0.05, 0.1) is 5.69 Å². The maximum atomic E-state index is 13.7. The van der Waals surface area contributed by atoms with Crippen LogP contribution in [0.2, 0.25) is 0 Å². The Morgan fingerprint density at radius 1 is 1.50 bits per heavy atom. The Balaban J connectivity index is 2.17. The van der Waals surface area contributed by atoms with E-state index in [0.717, 1.165) is 12.5 Å². The lowest BCUT2D eigenvalue weighted by molar-refractivity contribution is 0.101. The van der Waals surface area contributed by atoms with Crippen LogP contribution >= 0.6 is 0 Å². The van der Waals surface area contributed by atoms with Gasteiger partial charge in [-0.1, -0.05) is 0 Å². The second-order valence-corrected chi connectivity index (χ2v) is 4.55. The molecular formula is C13H16FNO.